The van der Waals surface area contributed by atoms with Crippen LogP contribution in [0.1, 0.15) is 37.7 Å². The van der Waals surface area contributed by atoms with Crippen LogP contribution in [0.2, 0.25) is 0 Å². The molecular formula is C17H25ClN2. The fourth-order valence-corrected chi connectivity index (χ4v) is 3.75. The van der Waals surface area contributed by atoms with E-state index in [1.165, 1.54) is 69.5 Å². The molecule has 0 atom stereocenters. The molecule has 0 amide bonds. The molecule has 2 aliphatic rings. The lowest BCUT2D eigenvalue weighted by atomic mass is 9.99. The smallest absolute Gasteiger partial charge is 0.0474 e. The fraction of sp³-hybridized carbons (Fsp3) is 0.647. The maximum Gasteiger partial charge on any atom is 0.0474 e. The van der Waals surface area contributed by atoms with E-state index in [9.17, 15) is 0 Å². The zero-order chi connectivity index (χ0) is 13.8. The molecule has 0 aliphatic carbocycles. The van der Waals surface area contributed by atoms with Crippen molar-refractivity contribution in [2.24, 2.45) is 0 Å². The third-order valence-electron chi connectivity index (χ3n) is 4.83. The summed E-state index contributed by atoms with van der Waals surface area (Å²) in [5.41, 5.74) is 2.56. The van der Waals surface area contributed by atoms with Gasteiger partial charge in [-0.25, -0.2) is 0 Å². The van der Waals surface area contributed by atoms with Gasteiger partial charge in [0.2, 0.25) is 0 Å². The van der Waals surface area contributed by atoms with Crippen molar-refractivity contribution in [1.29, 1.82) is 0 Å². The van der Waals surface area contributed by atoms with Crippen molar-refractivity contribution in [2.75, 3.05) is 31.1 Å². The van der Waals surface area contributed by atoms with Gasteiger partial charge in [-0.3, -0.25) is 0 Å². The molecule has 0 N–H and O–H groups in total. The van der Waals surface area contributed by atoms with Crippen LogP contribution in [0, 0.1) is 0 Å². The highest BCUT2D eigenvalue weighted by molar-refractivity contribution is 6.17. The number of halogens is 1. The van der Waals surface area contributed by atoms with Crippen LogP contribution in [0.15, 0.2) is 24.3 Å². The highest BCUT2D eigenvalue weighted by Gasteiger charge is 2.25. The highest BCUT2D eigenvalue weighted by Crippen LogP contribution is 2.25. The van der Waals surface area contributed by atoms with Crippen molar-refractivity contribution in [2.45, 2.75) is 44.0 Å². The summed E-state index contributed by atoms with van der Waals surface area (Å²) in [5, 5.41) is 0. The van der Waals surface area contributed by atoms with E-state index < -0.39 is 0 Å². The molecule has 1 aromatic rings. The molecule has 0 saturated carbocycles. The largest absolute Gasteiger partial charge is 0.371 e. The molecule has 2 fully saturated rings. The van der Waals surface area contributed by atoms with Gasteiger partial charge in [-0.2, -0.15) is 0 Å². The second-order valence-electron chi connectivity index (χ2n) is 6.11. The number of hydrogen-bond acceptors (Lipinski definition) is 2. The van der Waals surface area contributed by atoms with Crippen LogP contribution in [0.3, 0.4) is 0 Å². The Balaban J connectivity index is 1.54. The fourth-order valence-electron chi connectivity index (χ4n) is 3.57. The summed E-state index contributed by atoms with van der Waals surface area (Å²) in [6.07, 6.45) is 6.87. The number of benzene rings is 1. The molecule has 0 radical (unpaired) electrons. The first-order chi connectivity index (χ1) is 9.86. The Labute approximate surface area is 127 Å². The van der Waals surface area contributed by atoms with Crippen molar-refractivity contribution in [3.63, 3.8) is 0 Å². The Morgan fingerprint density at radius 3 is 2.15 bits per heavy atom. The van der Waals surface area contributed by atoms with Crippen LogP contribution >= 0.6 is 11.6 Å². The van der Waals surface area contributed by atoms with Gasteiger partial charge in [-0.15, -0.1) is 11.6 Å². The van der Waals surface area contributed by atoms with Crippen LogP contribution in [0.5, 0.6) is 0 Å². The van der Waals surface area contributed by atoms with Crippen molar-refractivity contribution in [1.82, 2.24) is 4.90 Å². The van der Waals surface area contributed by atoms with Gasteiger partial charge >= 0.3 is 0 Å². The Morgan fingerprint density at radius 2 is 1.55 bits per heavy atom. The first kappa shape index (κ1) is 14.2. The number of alkyl halides is 1. The third kappa shape index (κ3) is 3.29. The van der Waals surface area contributed by atoms with Gasteiger partial charge in [0, 0.05) is 30.7 Å². The second-order valence-corrected chi connectivity index (χ2v) is 6.38. The van der Waals surface area contributed by atoms with E-state index in [0.717, 1.165) is 6.04 Å². The predicted molar refractivity (Wildman–Crippen MR) is 86.7 cm³/mol. The van der Waals surface area contributed by atoms with E-state index in [4.69, 9.17) is 11.6 Å². The van der Waals surface area contributed by atoms with Gasteiger partial charge in [0.05, 0.1) is 0 Å². The van der Waals surface area contributed by atoms with Gasteiger partial charge in [0.1, 0.15) is 0 Å². The number of nitrogens with zero attached hydrogens (tertiary/aromatic N) is 2. The van der Waals surface area contributed by atoms with Gasteiger partial charge < -0.3 is 9.80 Å². The normalized spacial score (nSPS) is 22.1. The summed E-state index contributed by atoms with van der Waals surface area (Å²) in [6.45, 7) is 5.05. The third-order valence-corrected chi connectivity index (χ3v) is 5.14. The van der Waals surface area contributed by atoms with E-state index in [2.05, 4.69) is 34.1 Å². The SMILES string of the molecule is ClCc1ccc(N2CCC(N3CCCCC3)CC2)cc1. The standard InChI is InChI=1S/C17H25ClN2/c18-14-15-4-6-16(7-5-15)20-12-8-17(9-13-20)19-10-2-1-3-11-19/h4-7,17H,1-3,8-14H2. The molecule has 3 heteroatoms. The second kappa shape index (κ2) is 6.82. The quantitative estimate of drug-likeness (QED) is 0.780. The van der Waals surface area contributed by atoms with E-state index >= 15 is 0 Å². The molecule has 20 heavy (non-hydrogen) atoms. The first-order valence-electron chi connectivity index (χ1n) is 8.01. The van der Waals surface area contributed by atoms with Crippen LogP contribution in [0.4, 0.5) is 5.69 Å². The molecule has 2 saturated heterocycles. The molecule has 3 rings (SSSR count). The zero-order valence-electron chi connectivity index (χ0n) is 12.2. The molecular weight excluding hydrogens is 268 g/mol. The maximum absolute atomic E-state index is 5.85. The van der Waals surface area contributed by atoms with E-state index in [1.807, 2.05) is 0 Å². The zero-order valence-corrected chi connectivity index (χ0v) is 13.0. The summed E-state index contributed by atoms with van der Waals surface area (Å²) in [6, 6.07) is 9.57. The predicted octanol–water partition coefficient (Wildman–Crippen LogP) is 3.88. The lowest BCUT2D eigenvalue weighted by Crippen LogP contribution is -2.46. The lowest BCUT2D eigenvalue weighted by Gasteiger charge is -2.41. The number of piperidine rings is 2. The summed E-state index contributed by atoms with van der Waals surface area (Å²) < 4.78 is 0. The van der Waals surface area contributed by atoms with Crippen LogP contribution in [-0.4, -0.2) is 37.1 Å². The van der Waals surface area contributed by atoms with Crippen LogP contribution in [-0.2, 0) is 5.88 Å². The Hall–Kier alpha value is -0.730. The molecule has 1 aromatic carbocycles. The summed E-state index contributed by atoms with van der Waals surface area (Å²) in [7, 11) is 0. The number of likely N-dealkylation sites (tertiary alicyclic amines) is 1. The Morgan fingerprint density at radius 1 is 0.900 bits per heavy atom. The topological polar surface area (TPSA) is 6.48 Å². The molecule has 110 valence electrons. The molecule has 0 unspecified atom stereocenters. The molecule has 0 spiro atoms. The number of hydrogen-bond donors (Lipinski definition) is 0. The molecule has 2 nitrogen and oxygen atoms in total. The van der Waals surface area contributed by atoms with E-state index in [-0.39, 0.29) is 0 Å². The first-order valence-corrected chi connectivity index (χ1v) is 8.54. The van der Waals surface area contributed by atoms with Gasteiger partial charge in [-0.05, 0) is 56.5 Å². The van der Waals surface area contributed by atoms with Crippen LogP contribution in [0.25, 0.3) is 0 Å². The molecule has 2 aliphatic heterocycles. The van der Waals surface area contributed by atoms with Crippen molar-refractivity contribution in [3.8, 4) is 0 Å². The maximum atomic E-state index is 5.85. The lowest BCUT2D eigenvalue weighted by molar-refractivity contribution is 0.141. The van der Waals surface area contributed by atoms with Crippen molar-refractivity contribution < 1.29 is 0 Å². The monoisotopic (exact) mass is 292 g/mol. The van der Waals surface area contributed by atoms with Crippen LogP contribution < -0.4 is 4.90 Å². The highest BCUT2D eigenvalue weighted by atomic mass is 35.5. The summed E-state index contributed by atoms with van der Waals surface area (Å²) >= 11 is 5.85. The minimum atomic E-state index is 0.608. The average Bonchev–Trinajstić information content (AvgIpc) is 2.56. The van der Waals surface area contributed by atoms with Crippen molar-refractivity contribution >= 4 is 17.3 Å². The minimum absolute atomic E-state index is 0.608. The van der Waals surface area contributed by atoms with Crippen molar-refractivity contribution in [3.05, 3.63) is 29.8 Å². The number of anilines is 1. The van der Waals surface area contributed by atoms with E-state index in [0.29, 0.717) is 5.88 Å². The van der Waals surface area contributed by atoms with Gasteiger partial charge in [0.15, 0.2) is 0 Å². The summed E-state index contributed by atoms with van der Waals surface area (Å²) in [4.78, 5) is 5.26. The summed E-state index contributed by atoms with van der Waals surface area (Å²) in [5.74, 6) is 0.608. The van der Waals surface area contributed by atoms with Gasteiger partial charge in [0.25, 0.3) is 0 Å². The Bertz CT molecular complexity index is 404. The van der Waals surface area contributed by atoms with E-state index in [1.54, 1.807) is 0 Å². The molecule has 2 heterocycles. The molecule has 0 bridgehead atoms. The number of rotatable bonds is 3. The average molecular weight is 293 g/mol. The molecule has 0 aromatic heterocycles. The van der Waals surface area contributed by atoms with Gasteiger partial charge in [-0.1, -0.05) is 18.6 Å². The minimum Gasteiger partial charge on any atom is -0.371 e. The Kier molecular flexibility index (Phi) is 4.85.